The maximum absolute atomic E-state index is 2.83. The van der Waals surface area contributed by atoms with E-state index in [1.54, 1.807) is 16.6 Å². The average Bonchev–Trinajstić information content (AvgIpc) is 3.03. The molecule has 2 nitrogen and oxygen atoms in total. The fourth-order valence-electron chi connectivity index (χ4n) is 10.5. The molecule has 2 aliphatic carbocycles. The summed E-state index contributed by atoms with van der Waals surface area (Å²) < 4.78 is 0. The van der Waals surface area contributed by atoms with Crippen LogP contribution in [0.3, 0.4) is 0 Å². The number of allylic oxidation sites excluding steroid dienone is 6. The lowest BCUT2D eigenvalue weighted by Gasteiger charge is -2.56. The molecule has 10 rings (SSSR count). The molecule has 4 heteroatoms. The van der Waals surface area contributed by atoms with Gasteiger partial charge in [0.15, 0.2) is 0 Å². The Kier molecular flexibility index (Phi) is 5.29. The van der Waals surface area contributed by atoms with Crippen molar-refractivity contribution < 1.29 is 0 Å². The van der Waals surface area contributed by atoms with Gasteiger partial charge in [-0.1, -0.05) is 99.9 Å². The van der Waals surface area contributed by atoms with Crippen LogP contribution in [0.4, 0.5) is 17.1 Å². The van der Waals surface area contributed by atoms with Crippen molar-refractivity contribution in [2.45, 2.75) is 67.2 Å². The van der Waals surface area contributed by atoms with Gasteiger partial charge >= 0.3 is 6.85 Å². The third kappa shape index (κ3) is 3.20. The van der Waals surface area contributed by atoms with E-state index in [4.69, 9.17) is 0 Å². The predicted molar refractivity (Wildman–Crippen MR) is 197 cm³/mol. The molecule has 0 saturated heterocycles. The zero-order valence-electron chi connectivity index (χ0n) is 27.8. The highest BCUT2D eigenvalue weighted by Gasteiger charge is 2.55. The van der Waals surface area contributed by atoms with Gasteiger partial charge in [-0.3, -0.25) is 0 Å². The molecule has 4 aromatic rings. The minimum absolute atomic E-state index is 0.199. The Bertz CT molecular complexity index is 2040. The molecule has 0 amide bonds. The summed E-state index contributed by atoms with van der Waals surface area (Å²) in [5, 5.41) is 0. The minimum Gasteiger partial charge on any atom is -0.377 e. The highest BCUT2D eigenvalue weighted by atomic mass is 15.2. The number of rotatable bonds is 2. The van der Waals surface area contributed by atoms with E-state index >= 15 is 0 Å². The molecule has 0 radical (unpaired) electrons. The first-order valence-electron chi connectivity index (χ1n) is 17.2. The van der Waals surface area contributed by atoms with Crippen LogP contribution in [0.25, 0.3) is 11.1 Å². The highest BCUT2D eigenvalue weighted by molar-refractivity contribution is 6.97. The fourth-order valence-corrected chi connectivity index (χ4v) is 10.5. The zero-order valence-corrected chi connectivity index (χ0v) is 27.8. The van der Waals surface area contributed by atoms with Crippen molar-refractivity contribution in [3.63, 3.8) is 0 Å². The normalized spacial score (nSPS) is 18.2. The van der Waals surface area contributed by atoms with Gasteiger partial charge < -0.3 is 9.71 Å². The number of para-hydroxylation sites is 1. The number of nitrogens with zero attached hydrogens (tertiary/aromatic N) is 2. The standard InChI is InChI=1S/C42H38B2N2/c1-23-19-25(3)37(26(4)20-23)43-33-15-7-13-31-29-11-9-17-35-38(29)44-39-30(32-14-8-16-34(43)42(32)46(44)41(31)33)12-10-18-36(39)45(35)40-27(5)21-24(2)22-28(40)6/h7,9,11,13,15-22H,8,10,12,14H2,1-6H3. The predicted octanol–water partition coefficient (Wildman–Crippen LogP) is 8.04. The quantitative estimate of drug-likeness (QED) is 0.218. The van der Waals surface area contributed by atoms with Crippen molar-refractivity contribution in [2.24, 2.45) is 0 Å². The van der Waals surface area contributed by atoms with Crippen LogP contribution >= 0.6 is 0 Å². The zero-order chi connectivity index (χ0) is 31.2. The molecule has 4 aromatic carbocycles. The Morgan fingerprint density at radius 1 is 0.630 bits per heavy atom. The molecule has 222 valence electrons. The van der Waals surface area contributed by atoms with Gasteiger partial charge in [0.05, 0.1) is 5.69 Å². The first-order chi connectivity index (χ1) is 22.3. The van der Waals surface area contributed by atoms with Crippen LogP contribution in [0, 0.1) is 41.5 Å². The van der Waals surface area contributed by atoms with Crippen molar-refractivity contribution in [1.82, 2.24) is 0 Å². The summed E-state index contributed by atoms with van der Waals surface area (Å²) in [7, 11) is 0. The number of fused-ring (bicyclic) bond motifs is 2. The van der Waals surface area contributed by atoms with Crippen LogP contribution in [-0.2, 0) is 0 Å². The first kappa shape index (κ1) is 26.8. The van der Waals surface area contributed by atoms with Crippen LogP contribution in [0.15, 0.2) is 106 Å². The maximum atomic E-state index is 2.83. The van der Waals surface area contributed by atoms with Crippen molar-refractivity contribution in [1.29, 1.82) is 0 Å². The molecular formula is C42H38B2N2. The van der Waals surface area contributed by atoms with Crippen molar-refractivity contribution in [2.75, 3.05) is 9.71 Å². The molecule has 0 unspecified atom stereocenters. The molecule has 46 heavy (non-hydrogen) atoms. The molecule has 0 saturated carbocycles. The molecule has 4 aliphatic heterocycles. The third-order valence-electron chi connectivity index (χ3n) is 11.7. The molecule has 6 aliphatic rings. The molecule has 0 bridgehead atoms. The molecule has 0 aromatic heterocycles. The largest absolute Gasteiger partial charge is 0.377 e. The first-order valence-corrected chi connectivity index (χ1v) is 17.2. The van der Waals surface area contributed by atoms with E-state index in [1.165, 1.54) is 94.8 Å². The van der Waals surface area contributed by atoms with Crippen molar-refractivity contribution in [3.05, 3.63) is 140 Å². The minimum atomic E-state index is 0.199. The average molecular weight is 592 g/mol. The fraction of sp³-hybridized carbons (Fsp3) is 0.238. The molecule has 4 heterocycles. The Morgan fingerprint density at radius 2 is 1.28 bits per heavy atom. The van der Waals surface area contributed by atoms with E-state index in [-0.39, 0.29) is 13.6 Å². The lowest BCUT2D eigenvalue weighted by molar-refractivity contribution is 0.845. The SMILES string of the molecule is Cc1cc(C)c(B2C3=CCCC4=C3N3B5C6=C4CCC=C6N(c4c(C)cc(C)cc4C)c4cccc(c45)-c4cccc2c43)c(C)c1. The van der Waals surface area contributed by atoms with E-state index in [0.29, 0.717) is 0 Å². The van der Waals surface area contributed by atoms with Crippen LogP contribution in [0.1, 0.15) is 59.1 Å². The summed E-state index contributed by atoms with van der Waals surface area (Å²) in [6.07, 6.45) is 9.63. The monoisotopic (exact) mass is 592 g/mol. The topological polar surface area (TPSA) is 6.48 Å². The van der Waals surface area contributed by atoms with Gasteiger partial charge in [0, 0.05) is 28.3 Å². The van der Waals surface area contributed by atoms with E-state index < -0.39 is 0 Å². The Morgan fingerprint density at radius 3 is 2.04 bits per heavy atom. The second-order valence-electron chi connectivity index (χ2n) is 14.6. The van der Waals surface area contributed by atoms with Crippen LogP contribution in [0.5, 0.6) is 0 Å². The summed E-state index contributed by atoms with van der Waals surface area (Å²) in [6.45, 7) is 14.2. The summed E-state index contributed by atoms with van der Waals surface area (Å²) in [6, 6.07) is 23.8. The highest BCUT2D eigenvalue weighted by Crippen LogP contribution is 2.56. The number of anilines is 3. The van der Waals surface area contributed by atoms with Gasteiger partial charge in [-0.15, -0.1) is 0 Å². The van der Waals surface area contributed by atoms with Crippen molar-refractivity contribution in [3.8, 4) is 11.1 Å². The van der Waals surface area contributed by atoms with Gasteiger partial charge in [-0.05, 0) is 118 Å². The van der Waals surface area contributed by atoms with Gasteiger partial charge in [-0.25, -0.2) is 0 Å². The van der Waals surface area contributed by atoms with E-state index in [9.17, 15) is 0 Å². The van der Waals surface area contributed by atoms with Crippen molar-refractivity contribution >= 4 is 47.0 Å². The van der Waals surface area contributed by atoms with Gasteiger partial charge in [0.25, 0.3) is 0 Å². The maximum Gasteiger partial charge on any atom is 0.333 e. The second kappa shape index (κ2) is 9.10. The molecule has 0 spiro atoms. The summed E-state index contributed by atoms with van der Waals surface area (Å²) in [5.41, 5.74) is 28.9. The molecule has 0 fully saturated rings. The van der Waals surface area contributed by atoms with Gasteiger partial charge in [0.2, 0.25) is 6.71 Å². The lowest BCUT2D eigenvalue weighted by atomic mass is 9.29. The summed E-state index contributed by atoms with van der Waals surface area (Å²) in [4.78, 5) is 5.48. The smallest absolute Gasteiger partial charge is 0.333 e. The van der Waals surface area contributed by atoms with E-state index in [2.05, 4.69) is 124 Å². The van der Waals surface area contributed by atoms with E-state index in [0.717, 1.165) is 25.7 Å². The molecule has 0 atom stereocenters. The summed E-state index contributed by atoms with van der Waals surface area (Å²) >= 11 is 0. The van der Waals surface area contributed by atoms with Crippen LogP contribution in [-0.4, -0.2) is 13.6 Å². The number of hydrogen-bond acceptors (Lipinski definition) is 2. The molecule has 0 N–H and O–H groups in total. The Hall–Kier alpha value is -4.43. The van der Waals surface area contributed by atoms with Gasteiger partial charge in [-0.2, -0.15) is 0 Å². The van der Waals surface area contributed by atoms with E-state index in [1.807, 2.05) is 0 Å². The number of hydrogen-bond donors (Lipinski definition) is 0. The van der Waals surface area contributed by atoms with Crippen LogP contribution < -0.4 is 26.1 Å². The van der Waals surface area contributed by atoms with Gasteiger partial charge in [0.1, 0.15) is 0 Å². The number of aryl methyl sites for hydroxylation is 6. The number of benzene rings is 4. The third-order valence-corrected chi connectivity index (χ3v) is 11.7. The second-order valence-corrected chi connectivity index (χ2v) is 14.6. The molecular weight excluding hydrogens is 554 g/mol. The Labute approximate surface area is 274 Å². The Balaban J connectivity index is 1.35. The lowest BCUT2D eigenvalue weighted by Crippen LogP contribution is -2.66. The summed E-state index contributed by atoms with van der Waals surface area (Å²) in [5.74, 6) is 0. The van der Waals surface area contributed by atoms with Crippen LogP contribution in [0.2, 0.25) is 0 Å².